The van der Waals surface area contributed by atoms with Crippen molar-refractivity contribution >= 4 is 54.5 Å². The highest BCUT2D eigenvalue weighted by Gasteiger charge is 2.43. The van der Waals surface area contributed by atoms with Crippen molar-refractivity contribution in [1.29, 1.82) is 0 Å². The Balaban J connectivity index is 0.00000127. The van der Waals surface area contributed by atoms with Gasteiger partial charge in [-0.1, -0.05) is 43.3 Å². The van der Waals surface area contributed by atoms with Gasteiger partial charge >= 0.3 is 0 Å². The van der Waals surface area contributed by atoms with Gasteiger partial charge < -0.3 is 4.57 Å². The molecule has 4 heterocycles. The third-order valence-electron chi connectivity index (χ3n) is 8.05. The molecule has 3 aromatic rings. The van der Waals surface area contributed by atoms with Gasteiger partial charge in [-0.15, -0.1) is 37.2 Å². The van der Waals surface area contributed by atoms with Crippen LogP contribution in [0.4, 0.5) is 0 Å². The average molecular weight is 565 g/mol. The first kappa shape index (κ1) is 29.9. The van der Waals surface area contributed by atoms with E-state index in [1.165, 1.54) is 55.6 Å². The third-order valence-corrected chi connectivity index (χ3v) is 8.05. The minimum Gasteiger partial charge on any atom is -0.308 e. The Hall–Kier alpha value is -1.63. The molecule has 3 aliphatic rings. The minimum absolute atomic E-state index is 0. The summed E-state index contributed by atoms with van der Waals surface area (Å²) in [5, 5.41) is 0. The Morgan fingerprint density at radius 2 is 1.65 bits per heavy atom. The van der Waals surface area contributed by atoms with Crippen LogP contribution in [0, 0.1) is 19.8 Å². The van der Waals surface area contributed by atoms with E-state index < -0.39 is 0 Å². The van der Waals surface area contributed by atoms with Crippen molar-refractivity contribution in [1.82, 2.24) is 24.3 Å². The van der Waals surface area contributed by atoms with Gasteiger partial charge in [-0.05, 0) is 61.8 Å². The Labute approximate surface area is 240 Å². The van der Waals surface area contributed by atoms with Crippen LogP contribution in [0.5, 0.6) is 0 Å². The fraction of sp³-hybridized carbons (Fsp3) is 0.517. The van der Waals surface area contributed by atoms with Crippen molar-refractivity contribution < 1.29 is 0 Å². The number of aromatic nitrogens is 3. The van der Waals surface area contributed by atoms with Crippen molar-refractivity contribution in [2.24, 2.45) is 5.92 Å². The summed E-state index contributed by atoms with van der Waals surface area (Å²) in [7, 11) is 0. The maximum atomic E-state index is 4.88. The molecule has 202 valence electrons. The van der Waals surface area contributed by atoms with Gasteiger partial charge in [0.15, 0.2) is 5.65 Å². The maximum Gasteiger partial charge on any atom is 0.160 e. The first-order valence-electron chi connectivity index (χ1n) is 13.1. The fourth-order valence-electron chi connectivity index (χ4n) is 6.04. The summed E-state index contributed by atoms with van der Waals surface area (Å²) in [4.78, 5) is 15.2. The van der Waals surface area contributed by atoms with Crippen molar-refractivity contribution in [3.05, 3.63) is 64.6 Å². The van der Waals surface area contributed by atoms with Crippen LogP contribution in [-0.2, 0) is 13.0 Å². The van der Waals surface area contributed by atoms with Crippen molar-refractivity contribution in [3.63, 3.8) is 0 Å². The smallest absolute Gasteiger partial charge is 0.160 e. The lowest BCUT2D eigenvalue weighted by Crippen LogP contribution is -2.46. The van der Waals surface area contributed by atoms with Gasteiger partial charge in [0.2, 0.25) is 0 Å². The molecule has 1 saturated carbocycles. The van der Waals surface area contributed by atoms with E-state index in [1.807, 2.05) is 0 Å². The molecule has 5 nitrogen and oxygen atoms in total. The van der Waals surface area contributed by atoms with Crippen LogP contribution in [0.2, 0.25) is 0 Å². The van der Waals surface area contributed by atoms with Gasteiger partial charge in [0, 0.05) is 50.4 Å². The number of hydrogen-bond donors (Lipinski definition) is 0. The molecule has 2 bridgehead atoms. The summed E-state index contributed by atoms with van der Waals surface area (Å²) in [5.41, 5.74) is 6.87. The zero-order valence-corrected chi connectivity index (χ0v) is 24.5. The molecule has 2 aliphatic heterocycles. The molecular weight excluding hydrogens is 525 g/mol. The number of aryl methyl sites for hydroxylation is 3. The Morgan fingerprint density at radius 3 is 2.30 bits per heavy atom. The zero-order chi connectivity index (χ0) is 23.2. The highest BCUT2D eigenvalue weighted by atomic mass is 35.5. The second kappa shape index (κ2) is 12.5. The van der Waals surface area contributed by atoms with Gasteiger partial charge in [-0.25, -0.2) is 9.97 Å². The lowest BCUT2D eigenvalue weighted by atomic mass is 10.1. The summed E-state index contributed by atoms with van der Waals surface area (Å²) in [6, 6.07) is 12.7. The number of nitrogens with zero attached hydrogens (tertiary/aromatic N) is 5. The standard InChI is InChI=1S/C29H37N5.3ClH/c1-4-27-31-28-20(2)14-21(3)30-29(28)34(27)17-24-9-7-22(8-10-24)6-5-13-32-18-26-15-25(32)19-33(26)16-23-11-12-23;;;/h5-10,14,23,25-26H,4,11-13,15-19H2,1-3H3;3*1H/t25-,26-;;;/m1.../s1. The number of piperazine rings is 1. The Bertz CT molecular complexity index is 1220. The van der Waals surface area contributed by atoms with Gasteiger partial charge in [0.1, 0.15) is 11.3 Å². The van der Waals surface area contributed by atoms with E-state index in [-0.39, 0.29) is 37.2 Å². The van der Waals surface area contributed by atoms with E-state index in [2.05, 4.69) is 77.6 Å². The van der Waals surface area contributed by atoms with Crippen LogP contribution in [0.25, 0.3) is 17.2 Å². The lowest BCUT2D eigenvalue weighted by molar-refractivity contribution is 0.134. The van der Waals surface area contributed by atoms with Gasteiger partial charge in [0.25, 0.3) is 0 Å². The van der Waals surface area contributed by atoms with E-state index in [0.29, 0.717) is 0 Å². The molecule has 6 rings (SSSR count). The Kier molecular flexibility index (Phi) is 10.1. The minimum atomic E-state index is 0. The second-order valence-corrected chi connectivity index (χ2v) is 10.8. The normalized spacial score (nSPS) is 21.3. The number of likely N-dealkylation sites (tertiary alicyclic amines) is 2. The number of fused-ring (bicyclic) bond motifs is 3. The van der Waals surface area contributed by atoms with Crippen LogP contribution in [0.15, 0.2) is 36.4 Å². The van der Waals surface area contributed by atoms with Crippen molar-refractivity contribution in [2.45, 2.75) is 65.1 Å². The maximum absolute atomic E-state index is 4.88. The molecule has 2 atom stereocenters. The number of imidazole rings is 1. The molecule has 37 heavy (non-hydrogen) atoms. The summed E-state index contributed by atoms with van der Waals surface area (Å²) < 4.78 is 2.29. The summed E-state index contributed by atoms with van der Waals surface area (Å²) in [6.45, 7) is 12.2. The van der Waals surface area contributed by atoms with E-state index in [0.717, 1.165) is 60.2 Å². The van der Waals surface area contributed by atoms with Crippen LogP contribution < -0.4 is 0 Å². The molecule has 3 fully saturated rings. The van der Waals surface area contributed by atoms with Crippen molar-refractivity contribution in [2.75, 3.05) is 26.2 Å². The predicted molar refractivity (Wildman–Crippen MR) is 161 cm³/mol. The molecule has 8 heteroatoms. The number of benzene rings is 1. The summed E-state index contributed by atoms with van der Waals surface area (Å²) in [6.07, 6.45) is 9.87. The quantitative estimate of drug-likeness (QED) is 0.331. The van der Waals surface area contributed by atoms with E-state index in [9.17, 15) is 0 Å². The van der Waals surface area contributed by atoms with Gasteiger partial charge in [0.05, 0.1) is 6.54 Å². The molecule has 0 N–H and O–H groups in total. The summed E-state index contributed by atoms with van der Waals surface area (Å²) >= 11 is 0. The molecule has 1 aliphatic carbocycles. The topological polar surface area (TPSA) is 37.2 Å². The van der Waals surface area contributed by atoms with E-state index in [4.69, 9.17) is 9.97 Å². The second-order valence-electron chi connectivity index (χ2n) is 10.8. The monoisotopic (exact) mass is 563 g/mol. The van der Waals surface area contributed by atoms with Gasteiger partial charge in [-0.2, -0.15) is 0 Å². The highest BCUT2D eigenvalue weighted by Crippen LogP contribution is 2.36. The lowest BCUT2D eigenvalue weighted by Gasteiger charge is -2.33. The molecule has 2 saturated heterocycles. The van der Waals surface area contributed by atoms with Crippen LogP contribution in [0.1, 0.15) is 54.4 Å². The van der Waals surface area contributed by atoms with Crippen LogP contribution in [0.3, 0.4) is 0 Å². The molecule has 0 radical (unpaired) electrons. The van der Waals surface area contributed by atoms with Gasteiger partial charge in [-0.3, -0.25) is 9.80 Å². The van der Waals surface area contributed by atoms with E-state index >= 15 is 0 Å². The first-order chi connectivity index (χ1) is 16.6. The van der Waals surface area contributed by atoms with Crippen molar-refractivity contribution in [3.8, 4) is 0 Å². The molecule has 0 amide bonds. The molecule has 1 aromatic carbocycles. The largest absolute Gasteiger partial charge is 0.308 e. The predicted octanol–water partition coefficient (Wildman–Crippen LogP) is 6.11. The number of rotatable bonds is 8. The molecule has 0 unspecified atom stereocenters. The third kappa shape index (κ3) is 6.34. The highest BCUT2D eigenvalue weighted by molar-refractivity contribution is 5.86. The molecule has 0 spiro atoms. The van der Waals surface area contributed by atoms with Crippen LogP contribution in [-0.4, -0.2) is 62.6 Å². The van der Waals surface area contributed by atoms with Crippen LogP contribution >= 0.6 is 37.2 Å². The molecular formula is C29H40Cl3N5. The first-order valence-corrected chi connectivity index (χ1v) is 13.1. The number of pyridine rings is 1. The Morgan fingerprint density at radius 1 is 0.946 bits per heavy atom. The number of hydrogen-bond acceptors (Lipinski definition) is 4. The zero-order valence-electron chi connectivity index (χ0n) is 22.1. The number of halogens is 3. The summed E-state index contributed by atoms with van der Waals surface area (Å²) in [5.74, 6) is 2.12. The molecule has 2 aromatic heterocycles. The average Bonchev–Trinajstić information content (AvgIpc) is 3.27. The fourth-order valence-corrected chi connectivity index (χ4v) is 6.04. The SMILES string of the molecule is CCc1nc2c(C)cc(C)nc2n1Cc1ccc(C=CCN2C[C@H]3C[C@@H]2CN3CC2CC2)cc1.Cl.Cl.Cl. The van der Waals surface area contributed by atoms with E-state index in [1.54, 1.807) is 0 Å².